The minimum atomic E-state index is -2.98. The molecule has 0 heterocycles. The van der Waals surface area contributed by atoms with Crippen molar-refractivity contribution in [1.82, 2.24) is 0 Å². The van der Waals surface area contributed by atoms with Gasteiger partial charge in [-0.2, -0.15) is 8.78 Å². The van der Waals surface area contributed by atoms with Crippen molar-refractivity contribution in [2.45, 2.75) is 20.0 Å². The third kappa shape index (κ3) is 4.59. The Bertz CT molecular complexity index is 477. The number of benzene rings is 1. The Hall–Kier alpha value is -1.50. The number of rotatable bonds is 6. The van der Waals surface area contributed by atoms with Gasteiger partial charge in [0.05, 0.1) is 13.0 Å². The second-order valence-electron chi connectivity index (χ2n) is 3.46. The van der Waals surface area contributed by atoms with Crippen LogP contribution in [-0.2, 0) is 16.0 Å². The van der Waals surface area contributed by atoms with Gasteiger partial charge in [-0.1, -0.05) is 0 Å². The maximum absolute atomic E-state index is 12.2. The summed E-state index contributed by atoms with van der Waals surface area (Å²) in [6, 6.07) is 2.46. The van der Waals surface area contributed by atoms with E-state index < -0.39 is 12.6 Å². The predicted molar refractivity (Wildman–Crippen MR) is 66.5 cm³/mol. The number of halogens is 3. The molecule has 0 saturated carbocycles. The molecule has 0 aliphatic carbocycles. The van der Waals surface area contributed by atoms with Crippen molar-refractivity contribution in [1.29, 1.82) is 0 Å². The molecule has 0 N–H and O–H groups in total. The number of esters is 1. The van der Waals surface area contributed by atoms with Crippen molar-refractivity contribution < 1.29 is 27.8 Å². The van der Waals surface area contributed by atoms with Crippen molar-refractivity contribution >= 4 is 28.2 Å². The quantitative estimate of drug-likeness (QED) is 0.592. The molecule has 0 fully saturated rings. The first-order valence-electron chi connectivity index (χ1n) is 5.36. The van der Waals surface area contributed by atoms with Gasteiger partial charge in [0.25, 0.3) is 0 Å². The summed E-state index contributed by atoms with van der Waals surface area (Å²) < 4.78 is 33.6. The molecule has 19 heavy (non-hydrogen) atoms. The third-order valence-electron chi connectivity index (χ3n) is 2.17. The van der Waals surface area contributed by atoms with E-state index in [0.29, 0.717) is 6.29 Å². The minimum absolute atomic E-state index is 0.133. The highest BCUT2D eigenvalue weighted by molar-refractivity contribution is 9.10. The number of ether oxygens (including phenoxy) is 2. The van der Waals surface area contributed by atoms with E-state index in [1.807, 2.05) is 0 Å². The number of hydrogen-bond acceptors (Lipinski definition) is 4. The fourth-order valence-corrected chi connectivity index (χ4v) is 2.04. The van der Waals surface area contributed by atoms with E-state index in [4.69, 9.17) is 4.74 Å². The first kappa shape index (κ1) is 15.6. The summed E-state index contributed by atoms with van der Waals surface area (Å²) >= 11 is 3.07. The summed E-state index contributed by atoms with van der Waals surface area (Å²) in [7, 11) is 0. The standard InChI is InChI=1S/C12H11BrF2O4/c1-2-18-11(17)4-7-3-8(19-12(14)15)5-10(13)9(7)6-16/h3,5-6,12H,2,4H2,1H3. The van der Waals surface area contributed by atoms with E-state index in [1.54, 1.807) is 6.92 Å². The molecule has 0 atom stereocenters. The second-order valence-corrected chi connectivity index (χ2v) is 4.31. The Labute approximate surface area is 116 Å². The summed E-state index contributed by atoms with van der Waals surface area (Å²) in [5.41, 5.74) is 0.466. The zero-order valence-corrected chi connectivity index (χ0v) is 11.6. The van der Waals surface area contributed by atoms with Crippen LogP contribution in [0.15, 0.2) is 16.6 Å². The number of alkyl halides is 2. The molecule has 0 saturated heterocycles. The van der Waals surface area contributed by atoms with Crippen LogP contribution in [0.4, 0.5) is 8.78 Å². The first-order valence-corrected chi connectivity index (χ1v) is 6.15. The Kier molecular flexibility index (Phi) is 5.88. The molecule has 4 nitrogen and oxygen atoms in total. The van der Waals surface area contributed by atoms with E-state index in [-0.39, 0.29) is 34.4 Å². The zero-order chi connectivity index (χ0) is 14.4. The molecule has 1 aromatic rings. The highest BCUT2D eigenvalue weighted by Crippen LogP contribution is 2.27. The lowest BCUT2D eigenvalue weighted by Gasteiger charge is -2.11. The molecule has 0 aromatic heterocycles. The van der Waals surface area contributed by atoms with Crippen LogP contribution in [0, 0.1) is 0 Å². The second kappa shape index (κ2) is 7.18. The monoisotopic (exact) mass is 336 g/mol. The van der Waals surface area contributed by atoms with Gasteiger partial charge >= 0.3 is 12.6 Å². The Morgan fingerprint density at radius 1 is 1.47 bits per heavy atom. The van der Waals surface area contributed by atoms with E-state index in [1.165, 1.54) is 12.1 Å². The average molecular weight is 337 g/mol. The molecule has 1 rings (SSSR count). The third-order valence-corrected chi connectivity index (χ3v) is 2.83. The predicted octanol–water partition coefficient (Wildman–Crippen LogP) is 2.97. The highest BCUT2D eigenvalue weighted by atomic mass is 79.9. The SMILES string of the molecule is CCOC(=O)Cc1cc(OC(F)F)cc(Br)c1C=O. The molecule has 7 heteroatoms. The van der Waals surface area contributed by atoms with Crippen molar-refractivity contribution in [3.05, 3.63) is 27.7 Å². The van der Waals surface area contributed by atoms with Crippen molar-refractivity contribution in [2.75, 3.05) is 6.61 Å². The van der Waals surface area contributed by atoms with Gasteiger partial charge in [-0.3, -0.25) is 9.59 Å². The molecular formula is C12H11BrF2O4. The van der Waals surface area contributed by atoms with E-state index in [9.17, 15) is 18.4 Å². The van der Waals surface area contributed by atoms with Gasteiger partial charge in [0.2, 0.25) is 0 Å². The van der Waals surface area contributed by atoms with Crippen LogP contribution in [-0.4, -0.2) is 25.5 Å². The highest BCUT2D eigenvalue weighted by Gasteiger charge is 2.15. The smallest absolute Gasteiger partial charge is 0.387 e. The van der Waals surface area contributed by atoms with E-state index in [0.717, 1.165) is 0 Å². The van der Waals surface area contributed by atoms with Crippen LogP contribution in [0.2, 0.25) is 0 Å². The molecule has 104 valence electrons. The molecule has 0 bridgehead atoms. The number of aldehydes is 1. The van der Waals surface area contributed by atoms with Gasteiger partial charge < -0.3 is 9.47 Å². The molecule has 0 radical (unpaired) electrons. The van der Waals surface area contributed by atoms with Crippen LogP contribution in [0.1, 0.15) is 22.8 Å². The van der Waals surface area contributed by atoms with Crippen LogP contribution in [0.25, 0.3) is 0 Å². The normalized spacial score (nSPS) is 10.4. The van der Waals surface area contributed by atoms with E-state index in [2.05, 4.69) is 20.7 Å². The molecule has 0 aliphatic rings. The van der Waals surface area contributed by atoms with Crippen molar-refractivity contribution in [3.63, 3.8) is 0 Å². The lowest BCUT2D eigenvalue weighted by molar-refractivity contribution is -0.142. The van der Waals surface area contributed by atoms with Crippen molar-refractivity contribution in [3.8, 4) is 5.75 Å². The van der Waals surface area contributed by atoms with Crippen LogP contribution in [0.3, 0.4) is 0 Å². The topological polar surface area (TPSA) is 52.6 Å². The lowest BCUT2D eigenvalue weighted by atomic mass is 10.1. The summed E-state index contributed by atoms with van der Waals surface area (Å²) in [5.74, 6) is -0.682. The summed E-state index contributed by atoms with van der Waals surface area (Å²) in [5, 5.41) is 0. The largest absolute Gasteiger partial charge is 0.466 e. The molecule has 0 unspecified atom stereocenters. The fraction of sp³-hybridized carbons (Fsp3) is 0.333. The zero-order valence-electron chi connectivity index (χ0n) is 9.99. The number of carbonyl (C=O) groups is 2. The molecular weight excluding hydrogens is 326 g/mol. The minimum Gasteiger partial charge on any atom is -0.466 e. The van der Waals surface area contributed by atoms with Crippen LogP contribution >= 0.6 is 15.9 Å². The molecule has 0 spiro atoms. The van der Waals surface area contributed by atoms with Gasteiger partial charge in [0, 0.05) is 10.0 Å². The lowest BCUT2D eigenvalue weighted by Crippen LogP contribution is -2.10. The fourth-order valence-electron chi connectivity index (χ4n) is 1.46. The van der Waals surface area contributed by atoms with Gasteiger partial charge in [0.15, 0.2) is 6.29 Å². The van der Waals surface area contributed by atoms with Crippen LogP contribution < -0.4 is 4.74 Å². The maximum Gasteiger partial charge on any atom is 0.387 e. The Morgan fingerprint density at radius 3 is 2.68 bits per heavy atom. The first-order chi connectivity index (χ1) is 8.97. The maximum atomic E-state index is 12.2. The summed E-state index contributed by atoms with van der Waals surface area (Å²) in [6.07, 6.45) is 0.339. The van der Waals surface area contributed by atoms with Crippen molar-refractivity contribution in [2.24, 2.45) is 0 Å². The Balaban J connectivity index is 3.07. The van der Waals surface area contributed by atoms with E-state index >= 15 is 0 Å². The average Bonchev–Trinajstić information content (AvgIpc) is 2.27. The van der Waals surface area contributed by atoms with Gasteiger partial charge in [0.1, 0.15) is 5.75 Å². The van der Waals surface area contributed by atoms with Gasteiger partial charge in [-0.05, 0) is 40.5 Å². The number of carbonyl (C=O) groups excluding carboxylic acids is 2. The molecule has 0 aliphatic heterocycles. The summed E-state index contributed by atoms with van der Waals surface area (Å²) in [4.78, 5) is 22.3. The summed E-state index contributed by atoms with van der Waals surface area (Å²) in [6.45, 7) is -1.14. The van der Waals surface area contributed by atoms with Crippen LogP contribution in [0.5, 0.6) is 5.75 Å². The molecule has 1 aromatic carbocycles. The van der Waals surface area contributed by atoms with Gasteiger partial charge in [-0.15, -0.1) is 0 Å². The van der Waals surface area contributed by atoms with Gasteiger partial charge in [-0.25, -0.2) is 0 Å². The molecule has 0 amide bonds. The number of hydrogen-bond donors (Lipinski definition) is 0. The Morgan fingerprint density at radius 2 is 2.16 bits per heavy atom.